The van der Waals surface area contributed by atoms with Crippen molar-refractivity contribution >= 4 is 11.6 Å². The molecule has 0 aliphatic heterocycles. The van der Waals surface area contributed by atoms with Gasteiger partial charge in [0.1, 0.15) is 5.75 Å². The van der Waals surface area contributed by atoms with Crippen LogP contribution in [0.2, 0.25) is 5.02 Å². The first-order valence-electron chi connectivity index (χ1n) is 4.94. The maximum Gasteiger partial charge on any atom is 0.125 e. The molecule has 0 saturated heterocycles. The molecule has 2 nitrogen and oxygen atoms in total. The molecule has 0 aliphatic rings. The quantitative estimate of drug-likeness (QED) is 0.774. The molecule has 3 heteroatoms. The summed E-state index contributed by atoms with van der Waals surface area (Å²) in [7, 11) is 0. The van der Waals surface area contributed by atoms with E-state index in [2.05, 4.69) is 0 Å². The highest BCUT2D eigenvalue weighted by molar-refractivity contribution is 6.30. The molecule has 0 heterocycles. The van der Waals surface area contributed by atoms with E-state index in [-0.39, 0.29) is 11.2 Å². The Morgan fingerprint density at radius 2 is 1.80 bits per heavy atom. The van der Waals surface area contributed by atoms with E-state index in [4.69, 9.17) is 11.6 Å². The lowest BCUT2D eigenvalue weighted by atomic mass is 9.84. The summed E-state index contributed by atoms with van der Waals surface area (Å²) in [6.07, 6.45) is -0.718. The Bertz CT molecular complexity index is 365. The fourth-order valence-corrected chi connectivity index (χ4v) is 1.74. The van der Waals surface area contributed by atoms with E-state index in [1.807, 2.05) is 20.8 Å². The predicted octanol–water partition coefficient (Wildman–Crippen LogP) is 3.40. The van der Waals surface area contributed by atoms with Crippen LogP contribution in [0.3, 0.4) is 0 Å². The minimum absolute atomic E-state index is 0.141. The number of hydrogen-bond acceptors (Lipinski definition) is 2. The SMILES string of the molecule is CC(O)c1cc(Cl)cc(C(C)(C)C)c1O. The van der Waals surface area contributed by atoms with Gasteiger partial charge < -0.3 is 10.2 Å². The molecule has 15 heavy (non-hydrogen) atoms. The molecule has 0 aliphatic carbocycles. The largest absolute Gasteiger partial charge is 0.507 e. The topological polar surface area (TPSA) is 40.5 Å². The highest BCUT2D eigenvalue weighted by Crippen LogP contribution is 2.38. The van der Waals surface area contributed by atoms with Crippen LogP contribution in [-0.4, -0.2) is 10.2 Å². The minimum Gasteiger partial charge on any atom is -0.507 e. The summed E-state index contributed by atoms with van der Waals surface area (Å²) in [5, 5.41) is 20.0. The number of aliphatic hydroxyl groups is 1. The second-order valence-electron chi connectivity index (χ2n) is 4.82. The van der Waals surface area contributed by atoms with Crippen molar-refractivity contribution in [2.45, 2.75) is 39.2 Å². The standard InChI is InChI=1S/C12H17ClO2/c1-7(14)9-5-8(13)6-10(11(9)15)12(2,3)4/h5-7,14-15H,1-4H3. The Hall–Kier alpha value is -0.730. The average Bonchev–Trinajstić information content (AvgIpc) is 2.06. The van der Waals surface area contributed by atoms with Gasteiger partial charge in [0.15, 0.2) is 0 Å². The molecule has 0 saturated carbocycles. The van der Waals surface area contributed by atoms with Gasteiger partial charge in [-0.1, -0.05) is 32.4 Å². The van der Waals surface area contributed by atoms with Gasteiger partial charge in [0.05, 0.1) is 6.10 Å². The molecule has 1 aromatic carbocycles. The van der Waals surface area contributed by atoms with Crippen LogP contribution in [0.25, 0.3) is 0 Å². The number of aromatic hydroxyl groups is 1. The first kappa shape index (κ1) is 12.3. The summed E-state index contributed by atoms with van der Waals surface area (Å²) >= 11 is 5.95. The molecule has 0 fully saturated rings. The summed E-state index contributed by atoms with van der Waals surface area (Å²) in [6, 6.07) is 3.33. The highest BCUT2D eigenvalue weighted by atomic mass is 35.5. The van der Waals surface area contributed by atoms with Gasteiger partial charge in [0, 0.05) is 16.1 Å². The smallest absolute Gasteiger partial charge is 0.125 e. The highest BCUT2D eigenvalue weighted by Gasteiger charge is 2.22. The first-order valence-corrected chi connectivity index (χ1v) is 5.32. The summed E-state index contributed by atoms with van der Waals surface area (Å²) in [6.45, 7) is 7.58. The molecule has 84 valence electrons. The van der Waals surface area contributed by atoms with Crippen molar-refractivity contribution in [2.24, 2.45) is 0 Å². The van der Waals surface area contributed by atoms with Crippen LogP contribution in [0.5, 0.6) is 5.75 Å². The molecular formula is C12H17ClO2. The molecule has 1 unspecified atom stereocenters. The fraction of sp³-hybridized carbons (Fsp3) is 0.500. The number of aliphatic hydroxyl groups excluding tert-OH is 1. The second-order valence-corrected chi connectivity index (χ2v) is 5.25. The van der Waals surface area contributed by atoms with Gasteiger partial charge in [0.2, 0.25) is 0 Å². The third kappa shape index (κ3) is 2.64. The zero-order valence-electron chi connectivity index (χ0n) is 9.50. The van der Waals surface area contributed by atoms with Crippen LogP contribution in [-0.2, 0) is 5.41 Å². The average molecular weight is 229 g/mol. The van der Waals surface area contributed by atoms with Crippen LogP contribution in [0.4, 0.5) is 0 Å². The Balaban J connectivity index is 3.42. The third-order valence-corrected chi connectivity index (χ3v) is 2.58. The van der Waals surface area contributed by atoms with Crippen molar-refractivity contribution in [1.82, 2.24) is 0 Å². The van der Waals surface area contributed by atoms with Gasteiger partial charge in [-0.05, 0) is 24.5 Å². The number of benzene rings is 1. The van der Waals surface area contributed by atoms with Gasteiger partial charge in [-0.15, -0.1) is 0 Å². The lowest BCUT2D eigenvalue weighted by Gasteiger charge is -2.23. The van der Waals surface area contributed by atoms with Gasteiger partial charge in [-0.25, -0.2) is 0 Å². The summed E-state index contributed by atoms with van der Waals surface area (Å²) in [4.78, 5) is 0. The first-order chi connectivity index (χ1) is 6.73. The van der Waals surface area contributed by atoms with Crippen molar-refractivity contribution in [3.8, 4) is 5.75 Å². The molecule has 1 aromatic rings. The van der Waals surface area contributed by atoms with E-state index in [1.54, 1.807) is 19.1 Å². The lowest BCUT2D eigenvalue weighted by molar-refractivity contribution is 0.194. The Morgan fingerprint density at radius 3 is 2.20 bits per heavy atom. The normalized spacial score (nSPS) is 14.0. The van der Waals surface area contributed by atoms with Gasteiger partial charge >= 0.3 is 0 Å². The molecule has 0 amide bonds. The Kier molecular flexibility index (Phi) is 3.31. The molecular weight excluding hydrogens is 212 g/mol. The van der Waals surface area contributed by atoms with Crippen molar-refractivity contribution in [2.75, 3.05) is 0 Å². The van der Waals surface area contributed by atoms with Crippen molar-refractivity contribution in [3.05, 3.63) is 28.3 Å². The van der Waals surface area contributed by atoms with E-state index in [0.29, 0.717) is 10.6 Å². The molecule has 1 atom stereocenters. The molecule has 0 radical (unpaired) electrons. The Labute approximate surface area is 95.5 Å². The van der Waals surface area contributed by atoms with E-state index >= 15 is 0 Å². The van der Waals surface area contributed by atoms with Crippen LogP contribution < -0.4 is 0 Å². The van der Waals surface area contributed by atoms with Crippen molar-refractivity contribution < 1.29 is 10.2 Å². The fourth-order valence-electron chi connectivity index (χ4n) is 1.51. The van der Waals surface area contributed by atoms with Crippen LogP contribution >= 0.6 is 11.6 Å². The van der Waals surface area contributed by atoms with Crippen LogP contribution in [0, 0.1) is 0 Å². The van der Waals surface area contributed by atoms with Crippen molar-refractivity contribution in [3.63, 3.8) is 0 Å². The minimum atomic E-state index is -0.718. The third-order valence-electron chi connectivity index (χ3n) is 2.36. The second kappa shape index (κ2) is 4.03. The molecule has 0 spiro atoms. The van der Waals surface area contributed by atoms with E-state index in [0.717, 1.165) is 5.56 Å². The number of hydrogen-bond donors (Lipinski definition) is 2. The number of phenolic OH excluding ortho intramolecular Hbond substituents is 1. The van der Waals surface area contributed by atoms with Gasteiger partial charge in [0.25, 0.3) is 0 Å². The molecule has 1 rings (SSSR count). The lowest BCUT2D eigenvalue weighted by Crippen LogP contribution is -2.12. The molecule has 0 bridgehead atoms. The van der Waals surface area contributed by atoms with E-state index in [9.17, 15) is 10.2 Å². The zero-order valence-corrected chi connectivity index (χ0v) is 10.3. The van der Waals surface area contributed by atoms with E-state index < -0.39 is 6.10 Å². The van der Waals surface area contributed by atoms with Crippen LogP contribution in [0.15, 0.2) is 12.1 Å². The predicted molar refractivity (Wildman–Crippen MR) is 62.5 cm³/mol. The number of phenols is 1. The Morgan fingerprint density at radius 1 is 1.27 bits per heavy atom. The molecule has 2 N–H and O–H groups in total. The van der Waals surface area contributed by atoms with Crippen molar-refractivity contribution in [1.29, 1.82) is 0 Å². The summed E-state index contributed by atoms with van der Waals surface area (Å²) in [5.41, 5.74) is 1.04. The summed E-state index contributed by atoms with van der Waals surface area (Å²) < 4.78 is 0. The maximum absolute atomic E-state index is 10.0. The maximum atomic E-state index is 10.0. The summed E-state index contributed by atoms with van der Waals surface area (Å²) in [5.74, 6) is 0.141. The zero-order chi connectivity index (χ0) is 11.8. The van der Waals surface area contributed by atoms with Crippen LogP contribution in [0.1, 0.15) is 44.9 Å². The van der Waals surface area contributed by atoms with Gasteiger partial charge in [-0.3, -0.25) is 0 Å². The number of rotatable bonds is 1. The monoisotopic (exact) mass is 228 g/mol. The molecule has 0 aromatic heterocycles. The number of halogens is 1. The van der Waals surface area contributed by atoms with Gasteiger partial charge in [-0.2, -0.15) is 0 Å². The van der Waals surface area contributed by atoms with E-state index in [1.165, 1.54) is 0 Å².